The first-order valence-corrected chi connectivity index (χ1v) is 13.6. The Morgan fingerprint density at radius 1 is 0.783 bits per heavy atom. The predicted molar refractivity (Wildman–Crippen MR) is 105 cm³/mol. The molecule has 0 fully saturated rings. The summed E-state index contributed by atoms with van der Waals surface area (Å²) >= 11 is 4.12. The summed E-state index contributed by atoms with van der Waals surface area (Å²) < 4.78 is 27.5. The summed E-state index contributed by atoms with van der Waals surface area (Å²) in [4.78, 5) is 0. The fraction of sp³-hybridized carbons (Fsp3) is 1.00. The van der Waals surface area contributed by atoms with Crippen molar-refractivity contribution in [3.05, 3.63) is 0 Å². The van der Waals surface area contributed by atoms with Gasteiger partial charge in [-0.3, -0.25) is 0 Å². The molecule has 0 aliphatic heterocycles. The van der Waals surface area contributed by atoms with Crippen molar-refractivity contribution < 1.29 is 22.1 Å². The maximum atomic E-state index is 5.65. The third kappa shape index (κ3) is 12.6. The Labute approximate surface area is 151 Å². The van der Waals surface area contributed by atoms with Crippen LogP contribution in [0.3, 0.4) is 0 Å². The molecule has 0 aliphatic rings. The minimum Gasteiger partial charge on any atom is -0.398 e. The van der Waals surface area contributed by atoms with Crippen LogP contribution >= 0.6 is 12.6 Å². The molecule has 0 aromatic rings. The van der Waals surface area contributed by atoms with Gasteiger partial charge in [-0.15, -0.1) is 0 Å². The average molecular weight is 387 g/mol. The fourth-order valence-corrected chi connectivity index (χ4v) is 6.46. The van der Waals surface area contributed by atoms with Crippen LogP contribution in [0.15, 0.2) is 0 Å². The summed E-state index contributed by atoms with van der Waals surface area (Å²) in [6.07, 6.45) is 2.12. The maximum absolute atomic E-state index is 5.65. The molecule has 0 aromatic heterocycles. The summed E-state index contributed by atoms with van der Waals surface area (Å²) in [6.45, 7) is 12.2. The van der Waals surface area contributed by atoms with Crippen molar-refractivity contribution in [1.82, 2.24) is 0 Å². The maximum Gasteiger partial charge on any atom is 0.500 e. The number of thiol groups is 1. The van der Waals surface area contributed by atoms with E-state index in [1.165, 1.54) is 0 Å². The zero-order chi connectivity index (χ0) is 18.2. The van der Waals surface area contributed by atoms with Gasteiger partial charge in [0.15, 0.2) is 0 Å². The van der Waals surface area contributed by atoms with Crippen LogP contribution in [0, 0.1) is 0 Å². The lowest BCUT2D eigenvalue weighted by atomic mass is 10.6. The molecule has 8 heteroatoms. The van der Waals surface area contributed by atoms with Gasteiger partial charge >= 0.3 is 17.4 Å². The van der Waals surface area contributed by atoms with E-state index in [2.05, 4.69) is 26.1 Å². The molecule has 142 valence electrons. The van der Waals surface area contributed by atoms with Crippen molar-refractivity contribution >= 4 is 30.0 Å². The summed E-state index contributed by atoms with van der Waals surface area (Å²) in [5.41, 5.74) is 0. The van der Waals surface area contributed by atoms with E-state index in [1.54, 1.807) is 14.2 Å². The molecular weight excluding hydrogens is 348 g/mol. The van der Waals surface area contributed by atoms with Crippen molar-refractivity contribution in [3.8, 4) is 0 Å². The first-order valence-electron chi connectivity index (χ1n) is 8.55. The van der Waals surface area contributed by atoms with Gasteiger partial charge in [-0.2, -0.15) is 12.6 Å². The standard InChI is InChI=1S/C9H22O3Si.C6H16O2SSi/c1-5-9-13(10-6-2,11-7-3)12-8-4;1-7-10(3,8-2)6-4-5-9/h5-9H2,1-4H3;9H,4-6H2,1-3H3. The first kappa shape index (κ1) is 25.8. The van der Waals surface area contributed by atoms with Crippen LogP contribution in [-0.2, 0) is 22.1 Å². The third-order valence-electron chi connectivity index (χ3n) is 3.30. The Morgan fingerprint density at radius 3 is 1.48 bits per heavy atom. The highest BCUT2D eigenvalue weighted by Gasteiger charge is 2.38. The van der Waals surface area contributed by atoms with Crippen molar-refractivity contribution in [3.63, 3.8) is 0 Å². The highest BCUT2D eigenvalue weighted by atomic mass is 32.1. The average Bonchev–Trinajstić information content (AvgIpc) is 2.54. The Kier molecular flexibility index (Phi) is 18.0. The van der Waals surface area contributed by atoms with Gasteiger partial charge in [0.05, 0.1) is 0 Å². The minimum absolute atomic E-state index is 0.673. The van der Waals surface area contributed by atoms with E-state index in [1.807, 2.05) is 20.8 Å². The predicted octanol–water partition coefficient (Wildman–Crippen LogP) is 4.12. The van der Waals surface area contributed by atoms with E-state index in [0.29, 0.717) is 19.8 Å². The van der Waals surface area contributed by atoms with Gasteiger partial charge < -0.3 is 22.1 Å². The van der Waals surface area contributed by atoms with Crippen molar-refractivity contribution in [2.45, 2.75) is 59.2 Å². The van der Waals surface area contributed by atoms with Crippen molar-refractivity contribution in [2.75, 3.05) is 39.8 Å². The molecule has 0 rings (SSSR count). The highest BCUT2D eigenvalue weighted by Crippen LogP contribution is 2.17. The van der Waals surface area contributed by atoms with Crippen LogP contribution in [0.1, 0.15) is 40.5 Å². The Balaban J connectivity index is 0. The summed E-state index contributed by atoms with van der Waals surface area (Å²) in [5.74, 6) is 0.912. The van der Waals surface area contributed by atoms with Crippen molar-refractivity contribution in [2.24, 2.45) is 0 Å². The van der Waals surface area contributed by atoms with Gasteiger partial charge in [0.2, 0.25) is 0 Å². The lowest BCUT2D eigenvalue weighted by molar-refractivity contribution is 0.0712. The lowest BCUT2D eigenvalue weighted by Crippen LogP contribution is -2.45. The number of hydrogen-bond acceptors (Lipinski definition) is 6. The van der Waals surface area contributed by atoms with E-state index in [-0.39, 0.29) is 0 Å². The molecule has 0 N–H and O–H groups in total. The molecule has 0 bridgehead atoms. The molecule has 0 saturated heterocycles. The first-order chi connectivity index (χ1) is 10.9. The van der Waals surface area contributed by atoms with Crippen LogP contribution in [0.5, 0.6) is 0 Å². The molecule has 23 heavy (non-hydrogen) atoms. The van der Waals surface area contributed by atoms with Crippen LogP contribution in [0.2, 0.25) is 18.6 Å². The molecule has 0 aliphatic carbocycles. The summed E-state index contributed by atoms with van der Waals surface area (Å²) in [6, 6.07) is 1.95. The Hall–Kier alpha value is 0.584. The molecule has 0 radical (unpaired) electrons. The number of rotatable bonds is 13. The largest absolute Gasteiger partial charge is 0.500 e. The van der Waals surface area contributed by atoms with Crippen LogP contribution in [0.4, 0.5) is 0 Å². The lowest BCUT2D eigenvalue weighted by Gasteiger charge is -2.27. The second-order valence-electron chi connectivity index (χ2n) is 5.10. The van der Waals surface area contributed by atoms with Crippen molar-refractivity contribution in [1.29, 1.82) is 0 Å². The monoisotopic (exact) mass is 386 g/mol. The molecule has 0 saturated carbocycles. The van der Waals surface area contributed by atoms with Gasteiger partial charge in [0.25, 0.3) is 0 Å². The SMILES string of the molecule is CCC[Si](OCC)(OCC)OCC.CO[Si](C)(CCCS)OC. The summed E-state index contributed by atoms with van der Waals surface area (Å²) in [5, 5.41) is 0. The molecule has 5 nitrogen and oxygen atoms in total. The molecule has 0 spiro atoms. The van der Waals surface area contributed by atoms with E-state index < -0.39 is 17.4 Å². The van der Waals surface area contributed by atoms with E-state index >= 15 is 0 Å². The zero-order valence-corrected chi connectivity index (χ0v) is 19.0. The Morgan fingerprint density at radius 2 is 1.22 bits per heavy atom. The second-order valence-corrected chi connectivity index (χ2v) is 11.9. The van der Waals surface area contributed by atoms with E-state index in [0.717, 1.165) is 30.7 Å². The summed E-state index contributed by atoms with van der Waals surface area (Å²) in [7, 11) is -0.630. The van der Waals surface area contributed by atoms with Crippen LogP contribution < -0.4 is 0 Å². The second kappa shape index (κ2) is 16.1. The molecule has 0 heterocycles. The van der Waals surface area contributed by atoms with Crippen LogP contribution in [-0.4, -0.2) is 57.2 Å². The minimum atomic E-state index is -2.30. The fourth-order valence-electron chi connectivity index (χ4n) is 2.00. The molecule has 0 aromatic carbocycles. The quantitative estimate of drug-likeness (QED) is 0.381. The normalized spacial score (nSPS) is 12.0. The van der Waals surface area contributed by atoms with Crippen LogP contribution in [0.25, 0.3) is 0 Å². The van der Waals surface area contributed by atoms with Gasteiger partial charge in [0.1, 0.15) is 0 Å². The third-order valence-corrected chi connectivity index (χ3v) is 9.90. The molecule has 0 unspecified atom stereocenters. The van der Waals surface area contributed by atoms with Gasteiger partial charge in [-0.05, 0) is 45.5 Å². The highest BCUT2D eigenvalue weighted by molar-refractivity contribution is 7.80. The van der Waals surface area contributed by atoms with E-state index in [4.69, 9.17) is 22.1 Å². The zero-order valence-electron chi connectivity index (χ0n) is 16.1. The van der Waals surface area contributed by atoms with Gasteiger partial charge in [0, 0.05) is 40.1 Å². The van der Waals surface area contributed by atoms with Gasteiger partial charge in [-0.25, -0.2) is 0 Å². The topological polar surface area (TPSA) is 46.2 Å². The number of hydrogen-bond donors (Lipinski definition) is 1. The van der Waals surface area contributed by atoms with Gasteiger partial charge in [-0.1, -0.05) is 13.3 Å². The van der Waals surface area contributed by atoms with E-state index in [9.17, 15) is 0 Å². The molecule has 0 amide bonds. The molecular formula is C15H38O5SSi2. The molecule has 0 atom stereocenters. The smallest absolute Gasteiger partial charge is 0.398 e. The Bertz CT molecular complexity index is 227.